The minimum Gasteiger partial charge on any atom is -0.420 e. The number of carbonyl (C=O) groups is 5. The molecule has 2 N–H and O–H groups in total. The van der Waals surface area contributed by atoms with Crippen LogP contribution in [0, 0.1) is 29.1 Å². The van der Waals surface area contributed by atoms with Crippen molar-refractivity contribution in [3.05, 3.63) is 58.4 Å². The molecule has 0 radical (unpaired) electrons. The van der Waals surface area contributed by atoms with Gasteiger partial charge in [-0.25, -0.2) is 13.2 Å². The number of carbonyl (C=O) groups excluding carboxylic acids is 5. The van der Waals surface area contributed by atoms with Gasteiger partial charge >= 0.3 is 5.97 Å². The van der Waals surface area contributed by atoms with E-state index in [9.17, 15) is 45.9 Å². The Morgan fingerprint density at radius 1 is 0.493 bits per heavy atom. The van der Waals surface area contributed by atoms with Gasteiger partial charge in [-0.2, -0.15) is 8.78 Å². The second-order valence-corrected chi connectivity index (χ2v) is 15.7. The lowest BCUT2D eigenvalue weighted by Crippen LogP contribution is -2.54. The van der Waals surface area contributed by atoms with Crippen LogP contribution in [0.15, 0.2) is 18.2 Å². The van der Waals surface area contributed by atoms with Crippen molar-refractivity contribution in [1.82, 2.24) is 10.2 Å². The highest BCUT2D eigenvalue weighted by Crippen LogP contribution is 2.32. The van der Waals surface area contributed by atoms with E-state index >= 15 is 0 Å². The Balaban J connectivity index is 0.778. The summed E-state index contributed by atoms with van der Waals surface area (Å²) < 4.78 is 142. The van der Waals surface area contributed by atoms with Crippen molar-refractivity contribution in [2.75, 3.05) is 184 Å². The number of halogens is 5. The molecule has 2 aliphatic heterocycles. The van der Waals surface area contributed by atoms with Crippen molar-refractivity contribution in [3.63, 3.8) is 0 Å². The van der Waals surface area contributed by atoms with E-state index in [0.29, 0.717) is 151 Å². The van der Waals surface area contributed by atoms with Gasteiger partial charge in [0, 0.05) is 18.7 Å². The minimum atomic E-state index is -2.36. The van der Waals surface area contributed by atoms with Crippen LogP contribution in [0.2, 0.25) is 0 Å². The first-order valence-corrected chi connectivity index (χ1v) is 24.3. The fourth-order valence-corrected chi connectivity index (χ4v) is 6.66. The number of benzene rings is 2. The predicted octanol–water partition coefficient (Wildman–Crippen LogP) is 2.41. The Labute approximate surface area is 430 Å². The number of hydrogen-bond acceptors (Lipinski definition) is 20. The van der Waals surface area contributed by atoms with Gasteiger partial charge in [-0.1, -0.05) is 6.07 Å². The van der Waals surface area contributed by atoms with E-state index in [1.807, 2.05) is 0 Å². The number of esters is 1. The molecule has 0 bridgehead atoms. The lowest BCUT2D eigenvalue weighted by atomic mass is 10.0. The van der Waals surface area contributed by atoms with Crippen molar-refractivity contribution in [2.24, 2.45) is 0 Å². The summed E-state index contributed by atoms with van der Waals surface area (Å²) in [4.78, 5) is 62.6. The van der Waals surface area contributed by atoms with Crippen LogP contribution in [0.4, 0.5) is 27.6 Å². The number of amides is 4. The fourth-order valence-electron chi connectivity index (χ4n) is 6.66. The second-order valence-electron chi connectivity index (χ2n) is 15.7. The van der Waals surface area contributed by atoms with E-state index < -0.39 is 76.9 Å². The maximum absolute atomic E-state index is 13.6. The molecule has 0 aliphatic carbocycles. The van der Waals surface area contributed by atoms with Crippen molar-refractivity contribution in [3.8, 4) is 5.75 Å². The lowest BCUT2D eigenvalue weighted by molar-refractivity contribution is -0.137. The molecule has 1 unspecified atom stereocenters. The summed E-state index contributed by atoms with van der Waals surface area (Å²) in [7, 11) is 0. The van der Waals surface area contributed by atoms with Gasteiger partial charge in [0.15, 0.2) is 0 Å². The maximum atomic E-state index is 13.6. The number of rotatable bonds is 45. The molecule has 4 rings (SSSR count). The standard InChI is InChI=1S/C48H66F5N3O19/c49-40-41(50)43(52)45(44(53)42(40)51)75-38(58)6-8-62-10-12-64-14-16-66-18-20-68-22-24-70-26-28-72-30-32-74-33-31-73-29-27-71-25-23-69-21-19-67-17-15-65-13-11-63-9-7-54-35-3-1-2-34-39(35)48(61)56(47(34)60)36-4-5-37(57)55-46(36)59/h1-3,36,54H,4-33H2,(H,55,57,59). The first kappa shape index (κ1) is 62.7. The number of nitrogens with zero attached hydrogens (tertiary/aromatic N) is 1. The summed E-state index contributed by atoms with van der Waals surface area (Å²) in [6, 6.07) is 3.84. The average Bonchev–Trinajstić information content (AvgIpc) is 3.66. The van der Waals surface area contributed by atoms with Gasteiger partial charge in [-0.3, -0.25) is 34.2 Å². The summed E-state index contributed by atoms with van der Waals surface area (Å²) in [6.07, 6.45) is -0.363. The Morgan fingerprint density at radius 3 is 1.24 bits per heavy atom. The van der Waals surface area contributed by atoms with Crippen LogP contribution in [-0.2, 0) is 76.0 Å². The smallest absolute Gasteiger partial charge is 0.313 e. The van der Waals surface area contributed by atoms with Crippen LogP contribution in [0.5, 0.6) is 5.75 Å². The normalized spacial score (nSPS) is 14.5. The molecule has 0 spiro atoms. The largest absolute Gasteiger partial charge is 0.420 e. The third kappa shape index (κ3) is 23.5. The molecule has 75 heavy (non-hydrogen) atoms. The summed E-state index contributed by atoms with van der Waals surface area (Å²) in [6.45, 7) is 9.17. The van der Waals surface area contributed by atoms with Crippen LogP contribution in [0.1, 0.15) is 40.0 Å². The first-order chi connectivity index (χ1) is 36.5. The Morgan fingerprint density at radius 2 is 0.853 bits per heavy atom. The molecule has 27 heteroatoms. The molecule has 2 heterocycles. The second kappa shape index (κ2) is 37.8. The highest BCUT2D eigenvalue weighted by atomic mass is 19.2. The minimum absolute atomic E-state index is 0.0500. The lowest BCUT2D eigenvalue weighted by Gasteiger charge is -2.27. The van der Waals surface area contributed by atoms with E-state index in [1.165, 1.54) is 6.07 Å². The molecule has 2 aromatic rings. The van der Waals surface area contributed by atoms with E-state index in [2.05, 4.69) is 15.4 Å². The van der Waals surface area contributed by atoms with Gasteiger partial charge in [0.25, 0.3) is 11.8 Å². The first-order valence-electron chi connectivity index (χ1n) is 24.3. The topological polar surface area (TPSA) is 242 Å². The monoisotopic (exact) mass is 1080 g/mol. The highest BCUT2D eigenvalue weighted by Gasteiger charge is 2.45. The van der Waals surface area contributed by atoms with Crippen LogP contribution < -0.4 is 15.4 Å². The number of ether oxygens (including phenoxy) is 14. The zero-order valence-electron chi connectivity index (χ0n) is 41.6. The number of nitrogens with one attached hydrogen (secondary N) is 2. The summed E-state index contributed by atoms with van der Waals surface area (Å²) >= 11 is 0. The SMILES string of the molecule is O=C1CCC(N2C(=O)c3cccc(NCCOCCOCCOCCOCCOCCOCCOCCOCCOCCOCCOCCOCCOCCC(=O)Oc4c(F)c(F)c(F)c(F)c4F)c3C2=O)C(=O)N1. The van der Waals surface area contributed by atoms with E-state index in [-0.39, 0.29) is 57.0 Å². The van der Waals surface area contributed by atoms with E-state index in [0.717, 1.165) is 4.90 Å². The van der Waals surface area contributed by atoms with Crippen molar-refractivity contribution in [2.45, 2.75) is 25.3 Å². The molecule has 1 saturated heterocycles. The Hall–Kier alpha value is -4.88. The van der Waals surface area contributed by atoms with Crippen LogP contribution in [0.3, 0.4) is 0 Å². The molecule has 1 atom stereocenters. The number of fused-ring (bicyclic) bond motifs is 1. The van der Waals surface area contributed by atoms with Gasteiger partial charge < -0.3 is 71.6 Å². The predicted molar refractivity (Wildman–Crippen MR) is 249 cm³/mol. The van der Waals surface area contributed by atoms with Crippen molar-refractivity contribution < 1.29 is 112 Å². The molecule has 2 aliphatic rings. The third-order valence-corrected chi connectivity index (χ3v) is 10.3. The quantitative estimate of drug-likeness (QED) is 0.0184. The van der Waals surface area contributed by atoms with E-state index in [4.69, 9.17) is 61.6 Å². The van der Waals surface area contributed by atoms with E-state index in [1.54, 1.807) is 12.1 Å². The highest BCUT2D eigenvalue weighted by molar-refractivity contribution is 6.25. The summed E-state index contributed by atoms with van der Waals surface area (Å²) in [5, 5.41) is 5.31. The van der Waals surface area contributed by atoms with Crippen molar-refractivity contribution >= 4 is 35.3 Å². The zero-order chi connectivity index (χ0) is 53.9. The number of imide groups is 2. The van der Waals surface area contributed by atoms with Gasteiger partial charge in [0.05, 0.1) is 189 Å². The van der Waals surface area contributed by atoms with Crippen LogP contribution in [0.25, 0.3) is 0 Å². The molecule has 2 aromatic carbocycles. The van der Waals surface area contributed by atoms with Gasteiger partial charge in [0.1, 0.15) is 6.04 Å². The van der Waals surface area contributed by atoms with Crippen molar-refractivity contribution in [1.29, 1.82) is 0 Å². The number of hydrogen-bond donors (Lipinski definition) is 2. The third-order valence-electron chi connectivity index (χ3n) is 10.3. The number of anilines is 1. The molecular weight excluding hydrogens is 1020 g/mol. The zero-order valence-corrected chi connectivity index (χ0v) is 41.6. The molecule has 22 nitrogen and oxygen atoms in total. The molecule has 4 amide bonds. The molecular formula is C48H66F5N3O19. The molecule has 422 valence electrons. The summed E-state index contributed by atoms with van der Waals surface area (Å²) in [5.74, 6) is -16.4. The van der Waals surface area contributed by atoms with Gasteiger partial charge in [-0.05, 0) is 18.6 Å². The average molecular weight is 1080 g/mol. The maximum Gasteiger partial charge on any atom is 0.313 e. The fraction of sp³-hybridized carbons (Fsp3) is 0.646. The Bertz CT molecular complexity index is 2020. The Kier molecular flexibility index (Phi) is 31.6. The number of piperidine rings is 1. The van der Waals surface area contributed by atoms with Crippen LogP contribution >= 0.6 is 0 Å². The van der Waals surface area contributed by atoms with Crippen LogP contribution in [-0.4, -0.2) is 219 Å². The van der Waals surface area contributed by atoms with Gasteiger partial charge in [0.2, 0.25) is 46.6 Å². The van der Waals surface area contributed by atoms with Gasteiger partial charge in [-0.15, -0.1) is 0 Å². The molecule has 1 fully saturated rings. The molecule has 0 saturated carbocycles. The molecule has 0 aromatic heterocycles. The summed E-state index contributed by atoms with van der Waals surface area (Å²) in [5.41, 5.74) is 0.854.